The Labute approximate surface area is 95.1 Å². The summed E-state index contributed by atoms with van der Waals surface area (Å²) in [7, 11) is 0. The molecule has 2 aliphatic rings. The van der Waals surface area contributed by atoms with Crippen LogP contribution in [0, 0.1) is 0 Å². The molecule has 1 spiro atoms. The largest absolute Gasteiger partial charge is 0.389 e. The van der Waals surface area contributed by atoms with Crippen molar-refractivity contribution >= 4 is 0 Å². The standard InChI is InChI=1S/C13H17NO2/c15-11-9-3-1-2-4-10(9)13(12(11)16)5-7-14-8-6-13/h1-4,11-12,14-16H,5-8H2/t11-,12-/m0/s1. The van der Waals surface area contributed by atoms with E-state index < -0.39 is 12.2 Å². The van der Waals surface area contributed by atoms with Gasteiger partial charge in [-0.3, -0.25) is 0 Å². The summed E-state index contributed by atoms with van der Waals surface area (Å²) in [6.45, 7) is 1.83. The van der Waals surface area contributed by atoms with Crippen molar-refractivity contribution in [1.82, 2.24) is 5.32 Å². The summed E-state index contributed by atoms with van der Waals surface area (Å²) >= 11 is 0. The molecule has 0 unspecified atom stereocenters. The topological polar surface area (TPSA) is 52.5 Å². The van der Waals surface area contributed by atoms with Crippen LogP contribution in [0.15, 0.2) is 24.3 Å². The van der Waals surface area contributed by atoms with Crippen molar-refractivity contribution in [1.29, 1.82) is 0 Å². The number of hydrogen-bond acceptors (Lipinski definition) is 3. The van der Waals surface area contributed by atoms with Crippen LogP contribution in [0.25, 0.3) is 0 Å². The first-order valence-corrected chi connectivity index (χ1v) is 5.92. The van der Waals surface area contributed by atoms with Gasteiger partial charge in [0.25, 0.3) is 0 Å². The molecule has 1 fully saturated rings. The molecule has 2 atom stereocenters. The molecule has 0 amide bonds. The van der Waals surface area contributed by atoms with Crippen LogP contribution >= 0.6 is 0 Å². The predicted octanol–water partition coefficient (Wildman–Crippen LogP) is 0.716. The molecule has 0 aromatic heterocycles. The average Bonchev–Trinajstić information content (AvgIpc) is 2.55. The maximum Gasteiger partial charge on any atom is 0.106 e. The Morgan fingerprint density at radius 1 is 1.12 bits per heavy atom. The van der Waals surface area contributed by atoms with Crippen LogP contribution in [0.3, 0.4) is 0 Å². The van der Waals surface area contributed by atoms with E-state index in [0.29, 0.717) is 0 Å². The summed E-state index contributed by atoms with van der Waals surface area (Å²) in [5.41, 5.74) is 1.84. The summed E-state index contributed by atoms with van der Waals surface area (Å²) in [6.07, 6.45) is 0.450. The molecule has 3 nitrogen and oxygen atoms in total. The fraction of sp³-hybridized carbons (Fsp3) is 0.538. The lowest BCUT2D eigenvalue weighted by atomic mass is 9.72. The van der Waals surface area contributed by atoms with E-state index in [1.54, 1.807) is 0 Å². The van der Waals surface area contributed by atoms with Crippen molar-refractivity contribution in [2.45, 2.75) is 30.5 Å². The normalized spacial score (nSPS) is 31.6. The Balaban J connectivity index is 2.12. The van der Waals surface area contributed by atoms with Gasteiger partial charge < -0.3 is 15.5 Å². The fourth-order valence-corrected chi connectivity index (χ4v) is 3.28. The van der Waals surface area contributed by atoms with Crippen LogP contribution in [-0.2, 0) is 5.41 Å². The molecular formula is C13H17NO2. The zero-order chi connectivity index (χ0) is 11.2. The fourth-order valence-electron chi connectivity index (χ4n) is 3.28. The molecule has 1 aliphatic heterocycles. The molecule has 3 rings (SSSR count). The zero-order valence-electron chi connectivity index (χ0n) is 9.19. The number of hydrogen-bond donors (Lipinski definition) is 3. The number of nitrogens with one attached hydrogen (secondary N) is 1. The number of fused-ring (bicyclic) bond motifs is 2. The van der Waals surface area contributed by atoms with E-state index in [-0.39, 0.29) is 5.41 Å². The third-order valence-corrected chi connectivity index (χ3v) is 4.18. The van der Waals surface area contributed by atoms with E-state index in [2.05, 4.69) is 11.4 Å². The lowest BCUT2D eigenvalue weighted by molar-refractivity contribution is -0.0247. The predicted molar refractivity (Wildman–Crippen MR) is 61.2 cm³/mol. The molecule has 1 saturated heterocycles. The molecule has 3 N–H and O–H groups in total. The van der Waals surface area contributed by atoms with Crippen molar-refractivity contribution < 1.29 is 10.2 Å². The minimum absolute atomic E-state index is 0.221. The number of piperidine rings is 1. The van der Waals surface area contributed by atoms with Gasteiger partial charge in [-0.05, 0) is 37.1 Å². The van der Waals surface area contributed by atoms with Gasteiger partial charge >= 0.3 is 0 Å². The highest BCUT2D eigenvalue weighted by molar-refractivity contribution is 5.44. The van der Waals surface area contributed by atoms with E-state index in [0.717, 1.165) is 37.1 Å². The molecule has 0 saturated carbocycles. The maximum atomic E-state index is 10.3. The second kappa shape index (κ2) is 3.55. The van der Waals surface area contributed by atoms with Crippen LogP contribution in [-0.4, -0.2) is 29.4 Å². The molecule has 3 heteroatoms. The van der Waals surface area contributed by atoms with E-state index in [1.165, 1.54) is 0 Å². The Bertz CT molecular complexity index is 399. The molecule has 1 aromatic carbocycles. The highest BCUT2D eigenvalue weighted by atomic mass is 16.3. The van der Waals surface area contributed by atoms with Crippen molar-refractivity contribution in [2.75, 3.05) is 13.1 Å². The first kappa shape index (κ1) is 10.3. The molecule has 86 valence electrons. The SMILES string of the molecule is O[C@H]1c2ccccc2C2(CCNCC2)[C@H]1O. The summed E-state index contributed by atoms with van der Waals surface area (Å²) in [4.78, 5) is 0. The Morgan fingerprint density at radius 2 is 1.81 bits per heavy atom. The number of aliphatic hydroxyl groups is 2. The van der Waals surface area contributed by atoms with Crippen LogP contribution in [0.5, 0.6) is 0 Å². The van der Waals surface area contributed by atoms with E-state index >= 15 is 0 Å². The molecule has 16 heavy (non-hydrogen) atoms. The van der Waals surface area contributed by atoms with Gasteiger partial charge in [0.15, 0.2) is 0 Å². The van der Waals surface area contributed by atoms with Gasteiger partial charge in [-0.1, -0.05) is 24.3 Å². The Hall–Kier alpha value is -0.900. The Kier molecular flexibility index (Phi) is 2.28. The maximum absolute atomic E-state index is 10.3. The first-order chi connectivity index (χ1) is 7.76. The minimum Gasteiger partial charge on any atom is -0.389 e. The molecule has 1 heterocycles. The van der Waals surface area contributed by atoms with Crippen LogP contribution in [0.1, 0.15) is 30.1 Å². The van der Waals surface area contributed by atoms with Crippen molar-refractivity contribution in [3.8, 4) is 0 Å². The van der Waals surface area contributed by atoms with Gasteiger partial charge in [0.05, 0.1) is 6.10 Å². The van der Waals surface area contributed by atoms with Crippen LogP contribution in [0.2, 0.25) is 0 Å². The van der Waals surface area contributed by atoms with E-state index in [9.17, 15) is 10.2 Å². The van der Waals surface area contributed by atoms with Gasteiger partial charge in [-0.2, -0.15) is 0 Å². The molecular weight excluding hydrogens is 202 g/mol. The second-order valence-corrected chi connectivity index (χ2v) is 4.88. The monoisotopic (exact) mass is 219 g/mol. The van der Waals surface area contributed by atoms with Crippen molar-refractivity contribution in [3.63, 3.8) is 0 Å². The zero-order valence-corrected chi connectivity index (χ0v) is 9.19. The van der Waals surface area contributed by atoms with Crippen molar-refractivity contribution in [2.24, 2.45) is 0 Å². The third kappa shape index (κ3) is 1.19. The molecule has 0 bridgehead atoms. The summed E-state index contributed by atoms with van der Waals surface area (Å²) < 4.78 is 0. The number of rotatable bonds is 0. The molecule has 1 aliphatic carbocycles. The number of aliphatic hydroxyl groups excluding tert-OH is 2. The average molecular weight is 219 g/mol. The van der Waals surface area contributed by atoms with Gasteiger partial charge in [0, 0.05) is 5.41 Å². The third-order valence-electron chi connectivity index (χ3n) is 4.18. The van der Waals surface area contributed by atoms with Crippen LogP contribution in [0.4, 0.5) is 0 Å². The lowest BCUT2D eigenvalue weighted by Crippen LogP contribution is -2.46. The van der Waals surface area contributed by atoms with Gasteiger partial charge in [-0.25, -0.2) is 0 Å². The summed E-state index contributed by atoms with van der Waals surface area (Å²) in [5, 5.41) is 23.7. The first-order valence-electron chi connectivity index (χ1n) is 5.92. The quantitative estimate of drug-likeness (QED) is 0.602. The summed E-state index contributed by atoms with van der Waals surface area (Å²) in [5.74, 6) is 0. The lowest BCUT2D eigenvalue weighted by Gasteiger charge is -2.38. The van der Waals surface area contributed by atoms with Gasteiger partial charge in [-0.15, -0.1) is 0 Å². The van der Waals surface area contributed by atoms with Gasteiger partial charge in [0.1, 0.15) is 6.10 Å². The summed E-state index contributed by atoms with van der Waals surface area (Å²) in [6, 6.07) is 7.91. The number of benzene rings is 1. The highest BCUT2D eigenvalue weighted by Crippen LogP contribution is 2.49. The van der Waals surface area contributed by atoms with E-state index in [4.69, 9.17) is 0 Å². The Morgan fingerprint density at radius 3 is 2.56 bits per heavy atom. The van der Waals surface area contributed by atoms with Crippen molar-refractivity contribution in [3.05, 3.63) is 35.4 Å². The minimum atomic E-state index is -0.714. The van der Waals surface area contributed by atoms with Gasteiger partial charge in [0.2, 0.25) is 0 Å². The van der Waals surface area contributed by atoms with Crippen LogP contribution < -0.4 is 5.32 Å². The van der Waals surface area contributed by atoms with E-state index in [1.807, 2.05) is 18.2 Å². The molecule has 0 radical (unpaired) electrons. The molecule has 1 aromatic rings. The second-order valence-electron chi connectivity index (χ2n) is 4.88. The highest BCUT2D eigenvalue weighted by Gasteiger charge is 2.51. The smallest absolute Gasteiger partial charge is 0.106 e.